The van der Waals surface area contributed by atoms with Crippen LogP contribution in [0.25, 0.3) is 0 Å². The van der Waals surface area contributed by atoms with E-state index >= 15 is 0 Å². The lowest BCUT2D eigenvalue weighted by atomic mass is 9.50. The monoisotopic (exact) mass is 275 g/mol. The molecule has 4 nitrogen and oxygen atoms in total. The standard InChI is InChI=1S/C16H25N3O/c17-7-13(20)6-15-14(8-18-19-15)16-11-2-9-1-10(4-11)5-12(16)3-9/h8-13,16,20H,1-7,17H2,(H,18,19). The Labute approximate surface area is 120 Å². The lowest BCUT2D eigenvalue weighted by molar-refractivity contribution is -0.00319. The summed E-state index contributed by atoms with van der Waals surface area (Å²) in [6.07, 6.45) is 9.35. The zero-order valence-corrected chi connectivity index (χ0v) is 12.0. The number of hydrogen-bond acceptors (Lipinski definition) is 3. The van der Waals surface area contributed by atoms with Crippen LogP contribution in [0.5, 0.6) is 0 Å². The van der Waals surface area contributed by atoms with Crippen molar-refractivity contribution in [2.75, 3.05) is 6.54 Å². The lowest BCUT2D eigenvalue weighted by Gasteiger charge is -2.54. The molecule has 5 rings (SSSR count). The SMILES string of the molecule is NCC(O)Cc1[nH]ncc1C1C2CC3CC(C2)CC1C3. The number of nitrogens with one attached hydrogen (secondary N) is 1. The van der Waals surface area contributed by atoms with Crippen LogP contribution >= 0.6 is 0 Å². The van der Waals surface area contributed by atoms with Crippen molar-refractivity contribution in [1.29, 1.82) is 0 Å². The van der Waals surface area contributed by atoms with E-state index in [1.54, 1.807) is 0 Å². The van der Waals surface area contributed by atoms with E-state index in [0.717, 1.165) is 29.4 Å². The smallest absolute Gasteiger partial charge is 0.0717 e. The van der Waals surface area contributed by atoms with Crippen LogP contribution in [0, 0.1) is 23.7 Å². The van der Waals surface area contributed by atoms with E-state index < -0.39 is 6.10 Å². The largest absolute Gasteiger partial charge is 0.391 e. The molecule has 1 aromatic heterocycles. The molecule has 1 atom stereocenters. The summed E-state index contributed by atoms with van der Waals surface area (Å²) in [5, 5.41) is 17.2. The maximum atomic E-state index is 9.83. The number of nitrogens with two attached hydrogens (primary N) is 1. The number of rotatable bonds is 4. The molecule has 4 aliphatic rings. The molecular formula is C16H25N3O. The van der Waals surface area contributed by atoms with Crippen LogP contribution in [0.3, 0.4) is 0 Å². The van der Waals surface area contributed by atoms with Crippen molar-refractivity contribution in [1.82, 2.24) is 10.2 Å². The summed E-state index contributed by atoms with van der Waals surface area (Å²) < 4.78 is 0. The van der Waals surface area contributed by atoms with Crippen molar-refractivity contribution >= 4 is 0 Å². The van der Waals surface area contributed by atoms with Crippen molar-refractivity contribution in [3.05, 3.63) is 17.5 Å². The van der Waals surface area contributed by atoms with Gasteiger partial charge in [-0.15, -0.1) is 0 Å². The van der Waals surface area contributed by atoms with Crippen LogP contribution in [0.4, 0.5) is 0 Å². The Hall–Kier alpha value is -0.870. The van der Waals surface area contributed by atoms with Crippen LogP contribution in [0.15, 0.2) is 6.20 Å². The Bertz CT molecular complexity index is 456. The molecule has 0 radical (unpaired) electrons. The number of aromatic nitrogens is 2. The molecule has 0 amide bonds. The van der Waals surface area contributed by atoms with E-state index in [-0.39, 0.29) is 0 Å². The van der Waals surface area contributed by atoms with E-state index in [4.69, 9.17) is 5.73 Å². The zero-order valence-electron chi connectivity index (χ0n) is 12.0. The van der Waals surface area contributed by atoms with Gasteiger partial charge in [0.2, 0.25) is 0 Å². The number of aliphatic hydroxyl groups is 1. The third kappa shape index (κ3) is 2.01. The molecule has 110 valence electrons. The van der Waals surface area contributed by atoms with Crippen molar-refractivity contribution in [3.8, 4) is 0 Å². The second-order valence-electron chi connectivity index (χ2n) is 7.35. The molecular weight excluding hydrogens is 250 g/mol. The molecule has 0 aliphatic heterocycles. The predicted molar refractivity (Wildman–Crippen MR) is 77.1 cm³/mol. The van der Waals surface area contributed by atoms with E-state index in [1.807, 2.05) is 6.20 Å². The van der Waals surface area contributed by atoms with Crippen LogP contribution in [-0.2, 0) is 6.42 Å². The molecule has 4 bridgehead atoms. The first-order chi connectivity index (χ1) is 9.74. The first-order valence-corrected chi connectivity index (χ1v) is 8.14. The van der Waals surface area contributed by atoms with E-state index in [9.17, 15) is 5.11 Å². The molecule has 0 spiro atoms. The van der Waals surface area contributed by atoms with Gasteiger partial charge in [-0.05, 0) is 67.3 Å². The molecule has 4 fully saturated rings. The van der Waals surface area contributed by atoms with E-state index in [0.29, 0.717) is 18.9 Å². The van der Waals surface area contributed by atoms with Gasteiger partial charge in [0, 0.05) is 18.7 Å². The van der Waals surface area contributed by atoms with Gasteiger partial charge in [0.05, 0.1) is 12.3 Å². The molecule has 0 aromatic carbocycles. The third-order valence-electron chi connectivity index (χ3n) is 6.05. The van der Waals surface area contributed by atoms with Gasteiger partial charge in [-0.25, -0.2) is 0 Å². The normalized spacial score (nSPS) is 40.2. The second kappa shape index (κ2) is 4.85. The van der Waals surface area contributed by atoms with Gasteiger partial charge in [0.25, 0.3) is 0 Å². The minimum Gasteiger partial charge on any atom is -0.391 e. The molecule has 1 heterocycles. The number of nitrogens with zero attached hydrogens (tertiary/aromatic N) is 1. The quantitative estimate of drug-likeness (QED) is 0.784. The Balaban J connectivity index is 1.60. The summed E-state index contributed by atoms with van der Waals surface area (Å²) in [6.45, 7) is 0.320. The maximum Gasteiger partial charge on any atom is 0.0717 e. The van der Waals surface area contributed by atoms with Crippen LogP contribution < -0.4 is 5.73 Å². The lowest BCUT2D eigenvalue weighted by Crippen LogP contribution is -2.44. The van der Waals surface area contributed by atoms with E-state index in [1.165, 1.54) is 37.7 Å². The molecule has 1 unspecified atom stereocenters. The van der Waals surface area contributed by atoms with Gasteiger partial charge in [-0.1, -0.05) is 0 Å². The summed E-state index contributed by atoms with van der Waals surface area (Å²) >= 11 is 0. The minimum atomic E-state index is -0.453. The van der Waals surface area contributed by atoms with Crippen LogP contribution in [-0.4, -0.2) is 28.0 Å². The molecule has 4 heteroatoms. The minimum absolute atomic E-state index is 0.320. The molecule has 0 saturated heterocycles. The highest BCUT2D eigenvalue weighted by molar-refractivity contribution is 5.26. The first-order valence-electron chi connectivity index (χ1n) is 8.14. The zero-order chi connectivity index (χ0) is 13.7. The fourth-order valence-corrected chi connectivity index (χ4v) is 5.52. The fraction of sp³-hybridized carbons (Fsp3) is 0.812. The molecule has 1 aromatic rings. The highest BCUT2D eigenvalue weighted by Gasteiger charge is 2.49. The van der Waals surface area contributed by atoms with Gasteiger partial charge in [0.15, 0.2) is 0 Å². The summed E-state index contributed by atoms with van der Waals surface area (Å²) in [4.78, 5) is 0. The topological polar surface area (TPSA) is 74.9 Å². The fourth-order valence-electron chi connectivity index (χ4n) is 5.52. The second-order valence-corrected chi connectivity index (χ2v) is 7.35. The average molecular weight is 275 g/mol. The molecule has 4 saturated carbocycles. The van der Waals surface area contributed by atoms with Gasteiger partial charge in [-0.3, -0.25) is 5.10 Å². The third-order valence-corrected chi connectivity index (χ3v) is 6.05. The van der Waals surface area contributed by atoms with Gasteiger partial charge in [0.1, 0.15) is 0 Å². The summed E-state index contributed by atoms with van der Waals surface area (Å²) in [6, 6.07) is 0. The molecule has 4 aliphatic carbocycles. The van der Waals surface area contributed by atoms with E-state index in [2.05, 4.69) is 10.2 Å². The Morgan fingerprint density at radius 2 is 1.85 bits per heavy atom. The van der Waals surface area contributed by atoms with Crippen molar-refractivity contribution in [3.63, 3.8) is 0 Å². The van der Waals surface area contributed by atoms with Crippen molar-refractivity contribution in [2.24, 2.45) is 29.4 Å². The maximum absolute atomic E-state index is 9.83. The number of hydrogen-bond donors (Lipinski definition) is 3. The summed E-state index contributed by atoms with van der Waals surface area (Å²) in [5.41, 5.74) is 8.06. The summed E-state index contributed by atoms with van der Waals surface area (Å²) in [7, 11) is 0. The molecule has 20 heavy (non-hydrogen) atoms. The van der Waals surface area contributed by atoms with Crippen LogP contribution in [0.1, 0.15) is 49.3 Å². The Morgan fingerprint density at radius 3 is 2.45 bits per heavy atom. The number of aromatic amines is 1. The first kappa shape index (κ1) is 12.8. The Morgan fingerprint density at radius 1 is 1.20 bits per heavy atom. The van der Waals surface area contributed by atoms with Gasteiger partial charge in [-0.2, -0.15) is 5.10 Å². The highest BCUT2D eigenvalue weighted by atomic mass is 16.3. The molecule has 4 N–H and O–H groups in total. The van der Waals surface area contributed by atoms with Crippen LogP contribution in [0.2, 0.25) is 0 Å². The predicted octanol–water partition coefficient (Wildman–Crippen LogP) is 1.81. The van der Waals surface area contributed by atoms with Gasteiger partial charge >= 0.3 is 0 Å². The summed E-state index contributed by atoms with van der Waals surface area (Å²) in [5.74, 6) is 4.40. The number of H-pyrrole nitrogens is 1. The van der Waals surface area contributed by atoms with Crippen molar-refractivity contribution < 1.29 is 5.11 Å². The van der Waals surface area contributed by atoms with Gasteiger partial charge < -0.3 is 10.8 Å². The number of aliphatic hydroxyl groups excluding tert-OH is 1. The average Bonchev–Trinajstić information content (AvgIpc) is 2.85. The highest BCUT2D eigenvalue weighted by Crippen LogP contribution is 2.60. The van der Waals surface area contributed by atoms with Crippen molar-refractivity contribution in [2.45, 2.75) is 50.5 Å². The Kier molecular flexibility index (Phi) is 3.11.